The molecule has 0 heterocycles. The number of carbonyl (C=O) groups excluding carboxylic acids is 2. The van der Waals surface area contributed by atoms with Gasteiger partial charge in [0.2, 0.25) is 0 Å². The monoisotopic (exact) mass is 292 g/mol. The number of hydrogen-bond acceptors (Lipinski definition) is 2. The van der Waals surface area contributed by atoms with Crippen molar-refractivity contribution in [2.75, 3.05) is 0 Å². The van der Waals surface area contributed by atoms with Gasteiger partial charge in [-0.3, -0.25) is 10.1 Å². The molecule has 0 spiro atoms. The van der Waals surface area contributed by atoms with E-state index in [9.17, 15) is 9.59 Å². The van der Waals surface area contributed by atoms with Gasteiger partial charge in [-0.2, -0.15) is 0 Å². The van der Waals surface area contributed by atoms with Crippen molar-refractivity contribution in [2.24, 2.45) is 0 Å². The molecule has 0 saturated heterocycles. The van der Waals surface area contributed by atoms with Crippen LogP contribution in [0.1, 0.15) is 46.2 Å². The molecule has 116 valence electrons. The first-order valence-electron chi connectivity index (χ1n) is 7.22. The fourth-order valence-electron chi connectivity index (χ4n) is 1.99. The van der Waals surface area contributed by atoms with Crippen molar-refractivity contribution in [1.82, 2.24) is 10.6 Å². The lowest BCUT2D eigenvalue weighted by Gasteiger charge is -2.21. The highest BCUT2D eigenvalue weighted by Crippen LogP contribution is 2.06. The lowest BCUT2D eigenvalue weighted by atomic mass is 10.1. The summed E-state index contributed by atoms with van der Waals surface area (Å²) >= 11 is 0. The molecule has 3 amide bonds. The minimum atomic E-state index is -0.458. The fraction of sp³-hybridized carbons (Fsp3) is 0.500. The topological polar surface area (TPSA) is 74.8 Å². The van der Waals surface area contributed by atoms with Crippen LogP contribution in [-0.2, 0) is 4.79 Å². The van der Waals surface area contributed by atoms with Crippen LogP contribution in [0.2, 0.25) is 0 Å². The van der Waals surface area contributed by atoms with E-state index in [1.54, 1.807) is 6.92 Å². The summed E-state index contributed by atoms with van der Waals surface area (Å²) in [6, 6.07) is 9.31. The maximum atomic E-state index is 12.0. The van der Waals surface area contributed by atoms with Crippen LogP contribution in [0.15, 0.2) is 30.3 Å². The summed E-state index contributed by atoms with van der Waals surface area (Å²) in [7, 11) is 0. The Hall–Kier alpha value is -1.88. The van der Waals surface area contributed by atoms with Gasteiger partial charge in [0.15, 0.2) is 6.04 Å². The van der Waals surface area contributed by atoms with E-state index in [0.29, 0.717) is 0 Å². The second-order valence-electron chi connectivity index (χ2n) is 6.37. The van der Waals surface area contributed by atoms with Gasteiger partial charge < -0.3 is 10.6 Å². The molecule has 0 aromatic heterocycles. The Morgan fingerprint density at radius 1 is 1.10 bits per heavy atom. The summed E-state index contributed by atoms with van der Waals surface area (Å²) in [5.74, 6) is -0.292. The third kappa shape index (κ3) is 6.40. The van der Waals surface area contributed by atoms with Gasteiger partial charge >= 0.3 is 6.03 Å². The summed E-state index contributed by atoms with van der Waals surface area (Å²) in [5, 5.41) is 7.02. The van der Waals surface area contributed by atoms with Crippen molar-refractivity contribution in [3.8, 4) is 0 Å². The van der Waals surface area contributed by atoms with E-state index in [-0.39, 0.29) is 23.5 Å². The molecule has 1 rings (SSSR count). The van der Waals surface area contributed by atoms with Crippen LogP contribution < -0.4 is 16.0 Å². The van der Waals surface area contributed by atoms with E-state index in [2.05, 4.69) is 10.6 Å². The number of benzene rings is 1. The summed E-state index contributed by atoms with van der Waals surface area (Å²) < 4.78 is 0. The molecule has 0 radical (unpaired) electrons. The number of quaternary nitrogens is 1. The Bertz CT molecular complexity index is 480. The number of rotatable bonds is 4. The zero-order valence-corrected chi connectivity index (χ0v) is 13.4. The molecule has 0 fully saturated rings. The van der Waals surface area contributed by atoms with Gasteiger partial charge in [0, 0.05) is 11.1 Å². The molecule has 21 heavy (non-hydrogen) atoms. The van der Waals surface area contributed by atoms with Gasteiger partial charge in [0.05, 0.1) is 0 Å². The molecule has 1 aromatic rings. The average Bonchev–Trinajstić information content (AvgIpc) is 2.37. The Morgan fingerprint density at radius 3 is 2.19 bits per heavy atom. The normalized spacial score (nSPS) is 14.1. The molecule has 4 N–H and O–H groups in total. The van der Waals surface area contributed by atoms with Crippen LogP contribution in [0.3, 0.4) is 0 Å². The maximum Gasteiger partial charge on any atom is 0.322 e. The number of nitrogens with one attached hydrogen (secondary N) is 2. The number of carbonyl (C=O) groups is 2. The van der Waals surface area contributed by atoms with Gasteiger partial charge in [-0.05, 0) is 34.6 Å². The summed E-state index contributed by atoms with van der Waals surface area (Å²) in [6.45, 7) is 9.42. The van der Waals surface area contributed by atoms with Crippen molar-refractivity contribution in [2.45, 2.75) is 52.2 Å². The molecule has 0 aliphatic carbocycles. The average molecular weight is 292 g/mol. The van der Waals surface area contributed by atoms with Crippen molar-refractivity contribution >= 4 is 11.9 Å². The SMILES string of the molecule is C[C@H]([NH2+][C@@H](C)c1ccccc1)C(=O)NC(=O)NC(C)(C)C. The predicted molar refractivity (Wildman–Crippen MR) is 82.7 cm³/mol. The smallest absolute Gasteiger partial charge is 0.322 e. The largest absolute Gasteiger partial charge is 0.333 e. The van der Waals surface area contributed by atoms with Gasteiger partial charge in [-0.15, -0.1) is 0 Å². The molecule has 5 heteroatoms. The molecular formula is C16H26N3O2+. The highest BCUT2D eigenvalue weighted by atomic mass is 16.2. The van der Waals surface area contributed by atoms with Crippen LogP contribution in [0, 0.1) is 0 Å². The standard InChI is InChI=1S/C16H25N3O2/c1-11(13-9-7-6-8-10-13)17-12(2)14(20)18-15(21)19-16(3,4)5/h6-12,17H,1-5H3,(H2,18,19,20,21)/p+1/t11-,12-/m0/s1. The highest BCUT2D eigenvalue weighted by molar-refractivity contribution is 5.96. The van der Waals surface area contributed by atoms with Crippen LogP contribution in [0.25, 0.3) is 0 Å². The minimum absolute atomic E-state index is 0.151. The van der Waals surface area contributed by atoms with E-state index in [1.165, 1.54) is 0 Å². The first kappa shape index (κ1) is 17.2. The van der Waals surface area contributed by atoms with E-state index in [1.807, 2.05) is 63.3 Å². The molecule has 1 aromatic carbocycles. The highest BCUT2D eigenvalue weighted by Gasteiger charge is 2.23. The number of urea groups is 1. The van der Waals surface area contributed by atoms with Crippen molar-refractivity contribution in [3.05, 3.63) is 35.9 Å². The predicted octanol–water partition coefficient (Wildman–Crippen LogP) is 1.32. The molecule has 0 unspecified atom stereocenters. The molecule has 0 bridgehead atoms. The molecule has 2 atom stereocenters. The van der Waals surface area contributed by atoms with Gasteiger partial charge in [-0.25, -0.2) is 4.79 Å². The van der Waals surface area contributed by atoms with Crippen molar-refractivity contribution in [1.29, 1.82) is 0 Å². The van der Waals surface area contributed by atoms with Crippen LogP contribution in [0.5, 0.6) is 0 Å². The van der Waals surface area contributed by atoms with Gasteiger partial charge in [-0.1, -0.05) is 30.3 Å². The van der Waals surface area contributed by atoms with Crippen LogP contribution >= 0.6 is 0 Å². The summed E-state index contributed by atoms with van der Waals surface area (Å²) in [6.07, 6.45) is 0. The second-order valence-corrected chi connectivity index (χ2v) is 6.37. The van der Waals surface area contributed by atoms with Crippen LogP contribution in [-0.4, -0.2) is 23.5 Å². The number of nitrogens with two attached hydrogens (primary N) is 1. The maximum absolute atomic E-state index is 12.0. The molecule has 5 nitrogen and oxygen atoms in total. The summed E-state index contributed by atoms with van der Waals surface area (Å²) in [4.78, 5) is 23.7. The van der Waals surface area contributed by atoms with Gasteiger partial charge in [0.1, 0.15) is 6.04 Å². The Morgan fingerprint density at radius 2 is 1.67 bits per heavy atom. The van der Waals surface area contributed by atoms with E-state index >= 15 is 0 Å². The number of amides is 3. The number of hydrogen-bond donors (Lipinski definition) is 3. The van der Waals surface area contributed by atoms with E-state index in [0.717, 1.165) is 5.56 Å². The van der Waals surface area contributed by atoms with Crippen molar-refractivity contribution < 1.29 is 14.9 Å². The van der Waals surface area contributed by atoms with E-state index < -0.39 is 6.03 Å². The lowest BCUT2D eigenvalue weighted by molar-refractivity contribution is -0.710. The van der Waals surface area contributed by atoms with Gasteiger partial charge in [0.25, 0.3) is 5.91 Å². The zero-order valence-electron chi connectivity index (χ0n) is 13.4. The molecule has 0 aliphatic heterocycles. The van der Waals surface area contributed by atoms with Crippen LogP contribution in [0.4, 0.5) is 4.79 Å². The third-order valence-corrected chi connectivity index (χ3v) is 3.04. The summed E-state index contributed by atoms with van der Waals surface area (Å²) in [5.41, 5.74) is 0.783. The fourth-order valence-corrected chi connectivity index (χ4v) is 1.99. The first-order chi connectivity index (χ1) is 9.69. The van der Waals surface area contributed by atoms with E-state index in [4.69, 9.17) is 0 Å². The molecule has 0 aliphatic rings. The van der Waals surface area contributed by atoms with Crippen molar-refractivity contribution in [3.63, 3.8) is 0 Å². The Labute approximate surface area is 126 Å². The Balaban J connectivity index is 2.50. The zero-order chi connectivity index (χ0) is 16.0. The lowest BCUT2D eigenvalue weighted by Crippen LogP contribution is -2.92. The third-order valence-electron chi connectivity index (χ3n) is 3.04. The Kier molecular flexibility index (Phi) is 5.90. The number of imide groups is 1. The minimum Gasteiger partial charge on any atom is -0.333 e. The second kappa shape index (κ2) is 7.22. The molecule has 0 saturated carbocycles. The first-order valence-corrected chi connectivity index (χ1v) is 7.22. The molecular weight excluding hydrogens is 266 g/mol. The quantitative estimate of drug-likeness (QED) is 0.783.